The van der Waals surface area contributed by atoms with Crippen molar-refractivity contribution in [2.75, 3.05) is 28.2 Å². The molecule has 0 unspecified atom stereocenters. The van der Waals surface area contributed by atoms with Gasteiger partial charge in [0, 0.05) is 0 Å². The van der Waals surface area contributed by atoms with Crippen LogP contribution in [0, 0.1) is 0 Å². The zero-order chi connectivity index (χ0) is 13.6. The fourth-order valence-electron chi connectivity index (χ4n) is 1.32. The second kappa shape index (κ2) is 3.00. The van der Waals surface area contributed by atoms with Gasteiger partial charge in [-0.2, -0.15) is 0 Å². The average Bonchev–Trinajstić information content (AvgIpc) is 1.74. The number of nitrogens with zero attached hydrogens (tertiary/aromatic N) is 2. The molecule has 0 aromatic rings. The number of alkyl halides is 3. The number of amidine groups is 1. The summed E-state index contributed by atoms with van der Waals surface area (Å²) in [6, 6.07) is 0. The molecular weight excluding hydrogens is 264 g/mol. The topological polar surface area (TPSA) is 6.25 Å². The van der Waals surface area contributed by atoms with Gasteiger partial charge in [-0.25, -0.2) is 0 Å². The summed E-state index contributed by atoms with van der Waals surface area (Å²) in [5, 5.41) is 0. The second-order valence-corrected chi connectivity index (χ2v) is 6.98. The summed E-state index contributed by atoms with van der Waals surface area (Å²) in [5.41, 5.74) is -2.32. The SMILES string of the molecule is CN(C)C(=[N+](C)C)[P-](F)(F)(F)(F)C(F)(F)F. The van der Waals surface area contributed by atoms with Crippen molar-refractivity contribution in [3.05, 3.63) is 0 Å². The van der Waals surface area contributed by atoms with Gasteiger partial charge in [0.15, 0.2) is 0 Å². The Balaban J connectivity index is 6.33. The molecule has 0 aliphatic carbocycles. The van der Waals surface area contributed by atoms with Crippen molar-refractivity contribution in [1.82, 2.24) is 4.90 Å². The molecule has 0 rings (SSSR count). The molecular formula is C6H12F7N2P. The van der Waals surface area contributed by atoms with Gasteiger partial charge in [-0.05, 0) is 0 Å². The third-order valence-corrected chi connectivity index (χ3v) is 4.34. The van der Waals surface area contributed by atoms with E-state index in [0.29, 0.717) is 28.2 Å². The van der Waals surface area contributed by atoms with E-state index in [9.17, 15) is 30.0 Å². The fraction of sp³-hybridized carbons (Fsp3) is 0.833. The second-order valence-electron chi connectivity index (χ2n) is 3.73. The van der Waals surface area contributed by atoms with Crippen molar-refractivity contribution < 1.29 is 34.5 Å². The van der Waals surface area contributed by atoms with Crippen LogP contribution in [-0.4, -0.2) is 49.2 Å². The third-order valence-electron chi connectivity index (χ3n) is 1.71. The molecule has 0 bridgehead atoms. The van der Waals surface area contributed by atoms with Gasteiger partial charge in [0.1, 0.15) is 0 Å². The molecule has 0 aromatic heterocycles. The van der Waals surface area contributed by atoms with Crippen LogP contribution in [-0.2, 0) is 0 Å². The third kappa shape index (κ3) is 1.97. The van der Waals surface area contributed by atoms with Crippen molar-refractivity contribution in [2.24, 2.45) is 0 Å². The first kappa shape index (κ1) is 15.4. The molecule has 0 aromatic carbocycles. The van der Waals surface area contributed by atoms with E-state index in [1.807, 2.05) is 0 Å². The van der Waals surface area contributed by atoms with Gasteiger partial charge in [-0.15, -0.1) is 0 Å². The number of hydrogen-bond donors (Lipinski definition) is 0. The molecule has 0 amide bonds. The molecule has 10 heteroatoms. The zero-order valence-corrected chi connectivity index (χ0v) is 9.88. The van der Waals surface area contributed by atoms with Crippen molar-refractivity contribution in [3.8, 4) is 0 Å². The van der Waals surface area contributed by atoms with Gasteiger partial charge >= 0.3 is 86.3 Å². The maximum atomic E-state index is 13.0. The van der Waals surface area contributed by atoms with Crippen molar-refractivity contribution in [2.45, 2.75) is 5.92 Å². The summed E-state index contributed by atoms with van der Waals surface area (Å²) in [7, 11) is -7.77. The van der Waals surface area contributed by atoms with Crippen molar-refractivity contribution in [1.29, 1.82) is 0 Å². The molecule has 0 fully saturated rings. The normalized spacial score (nSPS) is 17.4. The van der Waals surface area contributed by atoms with Crippen LogP contribution < -0.4 is 0 Å². The molecule has 0 aliphatic heterocycles. The Bertz CT molecular complexity index is 331. The van der Waals surface area contributed by atoms with E-state index in [2.05, 4.69) is 0 Å². The first-order valence-corrected chi connectivity index (χ1v) is 6.17. The van der Waals surface area contributed by atoms with Gasteiger partial charge in [-0.3, -0.25) is 0 Å². The molecule has 0 atom stereocenters. The maximum absolute atomic E-state index is 13.0. The summed E-state index contributed by atoms with van der Waals surface area (Å²) >= 11 is 0. The predicted octanol–water partition coefficient (Wildman–Crippen LogP) is 3.32. The van der Waals surface area contributed by atoms with Crippen molar-refractivity contribution in [3.63, 3.8) is 0 Å². The standard InChI is InChI=1S/C6H12F7N2P/c1-14(2)5(15(3)4)16(10,11,12,13)6(7,8)9/h1-4H3. The van der Waals surface area contributed by atoms with Crippen LogP contribution in [0.1, 0.15) is 0 Å². The Labute approximate surface area is 87.3 Å². The Morgan fingerprint density at radius 3 is 1.38 bits per heavy atom. The average molecular weight is 276 g/mol. The summed E-state index contributed by atoms with van der Waals surface area (Å²) in [6.45, 7) is 0. The summed E-state index contributed by atoms with van der Waals surface area (Å²) in [6.07, 6.45) is 0. The minimum absolute atomic E-state index is 0.0728. The van der Waals surface area contributed by atoms with Crippen LogP contribution in [0.25, 0.3) is 0 Å². The first-order valence-electron chi connectivity index (χ1n) is 3.93. The van der Waals surface area contributed by atoms with E-state index in [1.165, 1.54) is 0 Å². The Kier molecular flexibility index (Phi) is 2.89. The zero-order valence-electron chi connectivity index (χ0n) is 8.99. The Morgan fingerprint density at radius 1 is 1.00 bits per heavy atom. The van der Waals surface area contributed by atoms with Crippen LogP contribution in [0.5, 0.6) is 0 Å². The van der Waals surface area contributed by atoms with Gasteiger partial charge < -0.3 is 0 Å². The van der Waals surface area contributed by atoms with Gasteiger partial charge in [0.2, 0.25) is 0 Å². The van der Waals surface area contributed by atoms with Gasteiger partial charge in [-0.1, -0.05) is 0 Å². The Morgan fingerprint density at radius 2 is 1.31 bits per heavy atom. The van der Waals surface area contributed by atoms with Crippen LogP contribution >= 0.6 is 7.19 Å². The van der Waals surface area contributed by atoms with Crippen molar-refractivity contribution >= 4 is 12.8 Å². The molecule has 0 aliphatic rings. The monoisotopic (exact) mass is 276 g/mol. The number of rotatable bonds is 1. The summed E-state index contributed by atoms with van der Waals surface area (Å²) in [5.74, 6) is -6.89. The Hall–Kier alpha value is -0.590. The van der Waals surface area contributed by atoms with E-state index in [0.717, 1.165) is 0 Å². The number of hydrogen-bond acceptors (Lipinski definition) is 0. The van der Waals surface area contributed by atoms with E-state index >= 15 is 0 Å². The fourth-order valence-corrected chi connectivity index (χ4v) is 3.15. The quantitative estimate of drug-likeness (QED) is 0.234. The summed E-state index contributed by atoms with van der Waals surface area (Å²) in [4.78, 5) is 0.0728. The molecule has 0 heterocycles. The van der Waals surface area contributed by atoms with Crippen LogP contribution in [0.2, 0.25) is 0 Å². The molecule has 0 N–H and O–H groups in total. The van der Waals surface area contributed by atoms with Crippen LogP contribution in [0.4, 0.5) is 30.0 Å². The molecule has 0 radical (unpaired) electrons. The predicted molar refractivity (Wildman–Crippen MR) is 48.2 cm³/mol. The van der Waals surface area contributed by atoms with Gasteiger partial charge in [0.05, 0.1) is 0 Å². The number of halogens is 7. The van der Waals surface area contributed by atoms with Crippen LogP contribution in [0.15, 0.2) is 0 Å². The minimum atomic E-state index is -10.6. The molecule has 0 spiro atoms. The van der Waals surface area contributed by atoms with Gasteiger partial charge in [0.25, 0.3) is 0 Å². The van der Waals surface area contributed by atoms with E-state index in [4.69, 9.17) is 0 Å². The molecule has 16 heavy (non-hydrogen) atoms. The summed E-state index contributed by atoms with van der Waals surface area (Å²) < 4.78 is 88.4. The van der Waals surface area contributed by atoms with E-state index < -0.39 is 18.7 Å². The molecule has 100 valence electrons. The van der Waals surface area contributed by atoms with Crippen LogP contribution in [0.3, 0.4) is 0 Å². The molecule has 0 saturated heterocycles. The van der Waals surface area contributed by atoms with E-state index in [-0.39, 0.29) is 9.48 Å². The molecule has 0 saturated carbocycles. The molecule has 2 nitrogen and oxygen atoms in total. The first-order chi connectivity index (χ1) is 6.55. The van der Waals surface area contributed by atoms with E-state index in [1.54, 1.807) is 0 Å².